The van der Waals surface area contributed by atoms with Gasteiger partial charge in [-0.05, 0) is 89.9 Å². The van der Waals surface area contributed by atoms with Crippen molar-refractivity contribution >= 4 is 19.7 Å². The van der Waals surface area contributed by atoms with Crippen LogP contribution in [0.25, 0.3) is 0 Å². The number of aliphatic hydroxyl groups excluding tert-OH is 1. The summed E-state index contributed by atoms with van der Waals surface area (Å²) in [5.41, 5.74) is 0. The van der Waals surface area contributed by atoms with Crippen molar-refractivity contribution in [3.63, 3.8) is 0 Å². The maximum Gasteiger partial charge on any atom is 0.472 e. The van der Waals surface area contributed by atoms with E-state index >= 15 is 0 Å². The fourth-order valence-electron chi connectivity index (χ4n) is 5.85. The number of carbonyl (C=O) groups is 2. The first kappa shape index (κ1) is 56.2. The van der Waals surface area contributed by atoms with Crippen molar-refractivity contribution in [2.24, 2.45) is 0 Å². The Hall–Kier alpha value is -2.81. The van der Waals surface area contributed by atoms with Gasteiger partial charge in [-0.15, -0.1) is 0 Å². The van der Waals surface area contributed by atoms with Crippen molar-refractivity contribution in [1.29, 1.82) is 0 Å². The van der Waals surface area contributed by atoms with Crippen molar-refractivity contribution in [2.45, 2.75) is 187 Å². The molecule has 0 aliphatic carbocycles. The minimum absolute atomic E-state index is 0.0696. The largest absolute Gasteiger partial charge is 0.472 e. The summed E-state index contributed by atoms with van der Waals surface area (Å²) in [6, 6.07) is 0. The van der Waals surface area contributed by atoms with E-state index in [1.54, 1.807) is 0 Å². The predicted octanol–water partition coefficient (Wildman–Crippen LogP) is 13.2. The molecule has 0 fully saturated rings. The van der Waals surface area contributed by atoms with Crippen molar-refractivity contribution in [3.8, 4) is 0 Å². The Morgan fingerprint density at radius 2 is 0.966 bits per heavy atom. The first-order valence-corrected chi connectivity index (χ1v) is 24.6. The molecule has 3 N–H and O–H groups in total. The van der Waals surface area contributed by atoms with Gasteiger partial charge in [0.15, 0.2) is 0 Å². The summed E-state index contributed by atoms with van der Waals surface area (Å²) in [6.45, 7) is 3.35. The SMILES string of the molecule is CC/C=C\C/C=C\C/C=C\C/C=C\CCCCC(=O)OCC(O)COP(=O)(O)OCCNC(=O)CCCCCCCCCCCC/C=C\C/C=C\C/C=C\CCCCC. The lowest BCUT2D eigenvalue weighted by Gasteiger charge is -2.15. The number of carbonyl (C=O) groups excluding carboxylic acids is 2. The molecule has 2 atom stereocenters. The van der Waals surface area contributed by atoms with Gasteiger partial charge in [0, 0.05) is 19.4 Å². The molecule has 0 aromatic carbocycles. The molecule has 0 heterocycles. The van der Waals surface area contributed by atoms with Gasteiger partial charge >= 0.3 is 13.8 Å². The molecule has 59 heavy (non-hydrogen) atoms. The second-order valence-corrected chi connectivity index (χ2v) is 16.4. The summed E-state index contributed by atoms with van der Waals surface area (Å²) >= 11 is 0. The standard InChI is InChI=1S/C49H84NO8P/c1-3-5-7-9-11-13-15-17-19-20-21-22-23-24-25-26-28-29-31-33-35-37-39-41-48(52)50-43-44-57-59(54,55)58-46-47(51)45-56-49(53)42-40-38-36-34-32-30-27-18-16-14-12-10-8-6-4-2/h6,8,11-14,17-19,21-22,27,32,34,47,51H,3-5,7,9-10,15-16,20,23-26,28-31,33,35-46H2,1-2H3,(H,50,52)(H,54,55)/b8-6-,13-11-,14-12-,19-17-,22-21-,27-18-,34-32-. The molecule has 0 aromatic heterocycles. The number of hydrogen-bond acceptors (Lipinski definition) is 7. The van der Waals surface area contributed by atoms with Gasteiger partial charge in [-0.3, -0.25) is 18.6 Å². The molecular formula is C49H84NO8P. The molecule has 10 heteroatoms. The van der Waals surface area contributed by atoms with Gasteiger partial charge < -0.3 is 20.1 Å². The van der Waals surface area contributed by atoms with E-state index in [0.29, 0.717) is 12.8 Å². The second kappa shape index (κ2) is 44.7. The Balaban J connectivity index is 3.64. The molecule has 0 saturated carbocycles. The molecule has 338 valence electrons. The zero-order chi connectivity index (χ0) is 43.2. The van der Waals surface area contributed by atoms with Crippen LogP contribution in [0, 0.1) is 0 Å². The normalized spacial score (nSPS) is 14.0. The maximum atomic E-state index is 12.1. The first-order valence-electron chi connectivity index (χ1n) is 23.1. The summed E-state index contributed by atoms with van der Waals surface area (Å²) in [4.78, 5) is 33.9. The number of phosphoric acid groups is 1. The van der Waals surface area contributed by atoms with Crippen LogP contribution in [0.4, 0.5) is 0 Å². The van der Waals surface area contributed by atoms with Gasteiger partial charge in [-0.25, -0.2) is 4.57 Å². The highest BCUT2D eigenvalue weighted by Gasteiger charge is 2.23. The third-order valence-electron chi connectivity index (χ3n) is 9.31. The van der Waals surface area contributed by atoms with Crippen LogP contribution in [0.2, 0.25) is 0 Å². The smallest absolute Gasteiger partial charge is 0.463 e. The van der Waals surface area contributed by atoms with E-state index < -0.39 is 26.5 Å². The number of nitrogens with one attached hydrogen (secondary N) is 1. The quantitative estimate of drug-likeness (QED) is 0.0240. The van der Waals surface area contributed by atoms with E-state index in [1.165, 1.54) is 77.0 Å². The van der Waals surface area contributed by atoms with Crippen LogP contribution in [-0.4, -0.2) is 54.3 Å². The summed E-state index contributed by atoms with van der Waals surface area (Å²) < 4.78 is 26.9. The Labute approximate surface area is 360 Å². The number of phosphoric ester groups is 1. The Kier molecular flexibility index (Phi) is 42.6. The summed E-state index contributed by atoms with van der Waals surface area (Å²) in [7, 11) is -4.43. The summed E-state index contributed by atoms with van der Waals surface area (Å²) in [5.74, 6) is -0.568. The van der Waals surface area contributed by atoms with E-state index in [4.69, 9.17) is 13.8 Å². The molecule has 0 spiro atoms. The third kappa shape index (κ3) is 46.1. The molecule has 0 rings (SSSR count). The zero-order valence-corrected chi connectivity index (χ0v) is 38.1. The monoisotopic (exact) mass is 846 g/mol. The van der Waals surface area contributed by atoms with Crippen LogP contribution < -0.4 is 5.32 Å². The second-order valence-electron chi connectivity index (χ2n) is 15.0. The van der Waals surface area contributed by atoms with Crippen LogP contribution in [0.3, 0.4) is 0 Å². The van der Waals surface area contributed by atoms with Gasteiger partial charge in [0.1, 0.15) is 12.7 Å². The van der Waals surface area contributed by atoms with Gasteiger partial charge in [0.05, 0.1) is 13.2 Å². The Bertz CT molecular complexity index is 1240. The zero-order valence-electron chi connectivity index (χ0n) is 37.2. The third-order valence-corrected chi connectivity index (χ3v) is 10.3. The highest BCUT2D eigenvalue weighted by molar-refractivity contribution is 7.47. The lowest BCUT2D eigenvalue weighted by Crippen LogP contribution is -2.27. The highest BCUT2D eigenvalue weighted by Crippen LogP contribution is 2.42. The number of ether oxygens (including phenoxy) is 1. The van der Waals surface area contributed by atoms with Crippen molar-refractivity contribution < 1.29 is 37.9 Å². The molecule has 9 nitrogen and oxygen atoms in total. The summed E-state index contributed by atoms with van der Waals surface area (Å²) in [5, 5.41) is 12.7. The number of allylic oxidation sites excluding steroid dienone is 14. The van der Waals surface area contributed by atoms with Gasteiger partial charge in [0.25, 0.3) is 0 Å². The molecule has 0 bridgehead atoms. The lowest BCUT2D eigenvalue weighted by atomic mass is 10.0. The van der Waals surface area contributed by atoms with Gasteiger partial charge in [0.2, 0.25) is 5.91 Å². The fourth-order valence-corrected chi connectivity index (χ4v) is 6.60. The van der Waals surface area contributed by atoms with Crippen LogP contribution >= 0.6 is 7.82 Å². The predicted molar refractivity (Wildman–Crippen MR) is 247 cm³/mol. The van der Waals surface area contributed by atoms with Crippen LogP contribution in [-0.2, 0) is 27.9 Å². The van der Waals surface area contributed by atoms with E-state index in [0.717, 1.165) is 70.6 Å². The van der Waals surface area contributed by atoms with Crippen LogP contribution in [0.15, 0.2) is 85.1 Å². The number of rotatable bonds is 42. The highest BCUT2D eigenvalue weighted by atomic mass is 31.2. The van der Waals surface area contributed by atoms with E-state index in [9.17, 15) is 24.2 Å². The Morgan fingerprint density at radius 1 is 0.542 bits per heavy atom. The van der Waals surface area contributed by atoms with E-state index in [1.807, 2.05) is 0 Å². The number of hydrogen-bond donors (Lipinski definition) is 3. The average molecular weight is 846 g/mol. The van der Waals surface area contributed by atoms with Crippen molar-refractivity contribution in [1.82, 2.24) is 5.32 Å². The minimum Gasteiger partial charge on any atom is -0.463 e. The summed E-state index contributed by atoms with van der Waals surface area (Å²) in [6.07, 6.45) is 56.6. The number of amides is 1. The lowest BCUT2D eigenvalue weighted by molar-refractivity contribution is -0.147. The number of esters is 1. The number of unbranched alkanes of at least 4 members (excludes halogenated alkanes) is 15. The first-order chi connectivity index (χ1) is 28.8. The Morgan fingerprint density at radius 3 is 1.47 bits per heavy atom. The molecule has 0 radical (unpaired) electrons. The molecule has 0 aliphatic heterocycles. The molecule has 1 amide bonds. The van der Waals surface area contributed by atoms with E-state index in [2.05, 4.69) is 104 Å². The number of aliphatic hydroxyl groups is 1. The van der Waals surface area contributed by atoms with Crippen molar-refractivity contribution in [3.05, 3.63) is 85.1 Å². The minimum atomic E-state index is -4.43. The van der Waals surface area contributed by atoms with Crippen LogP contribution in [0.1, 0.15) is 181 Å². The van der Waals surface area contributed by atoms with Crippen molar-refractivity contribution in [2.75, 3.05) is 26.4 Å². The maximum absolute atomic E-state index is 12.1. The molecular weight excluding hydrogens is 762 g/mol. The molecule has 0 aromatic rings. The van der Waals surface area contributed by atoms with Gasteiger partial charge in [-0.2, -0.15) is 0 Å². The van der Waals surface area contributed by atoms with E-state index in [-0.39, 0.29) is 32.1 Å². The molecule has 0 saturated heterocycles. The van der Waals surface area contributed by atoms with Crippen LogP contribution in [0.5, 0.6) is 0 Å². The average Bonchev–Trinajstić information content (AvgIpc) is 3.22. The molecule has 0 aliphatic rings. The van der Waals surface area contributed by atoms with Gasteiger partial charge in [-0.1, -0.05) is 163 Å². The molecule has 2 unspecified atom stereocenters. The topological polar surface area (TPSA) is 131 Å². The fraction of sp³-hybridized carbons (Fsp3) is 0.673.